The maximum Gasteiger partial charge on any atom is 0.274 e. The second kappa shape index (κ2) is 2.45. The molecule has 0 spiro atoms. The molecule has 6 heavy (non-hydrogen) atoms. The van der Waals surface area contributed by atoms with Gasteiger partial charge in [0.15, 0.2) is 0 Å². The first kappa shape index (κ1) is 5.21. The van der Waals surface area contributed by atoms with Crippen molar-refractivity contribution in [3.8, 4) is 0 Å². The summed E-state index contributed by atoms with van der Waals surface area (Å²) in [7, 11) is 0. The van der Waals surface area contributed by atoms with Crippen molar-refractivity contribution in [1.82, 2.24) is 0 Å². The molecule has 0 radical (unpaired) electrons. The molecule has 2 nitrogen and oxygen atoms in total. The van der Waals surface area contributed by atoms with Crippen molar-refractivity contribution in [3.63, 3.8) is 0 Å². The van der Waals surface area contributed by atoms with Gasteiger partial charge in [-0.1, -0.05) is 0 Å². The van der Waals surface area contributed by atoms with Gasteiger partial charge in [-0.3, -0.25) is 4.42 Å². The maximum absolute atomic E-state index is 9.77. The Labute approximate surface area is 36.4 Å². The molecule has 0 unspecified atom stereocenters. The first-order chi connectivity index (χ1) is 2.77. The Kier molecular flexibility index (Phi) is 2.13. The van der Waals surface area contributed by atoms with Gasteiger partial charge in [0, 0.05) is 0 Å². The molecular formula is C4H6O2. The van der Waals surface area contributed by atoms with Crippen LogP contribution in [0.1, 0.15) is 0 Å². The SMILES string of the molecule is C=[O+]CC(=C)[O-]. The van der Waals surface area contributed by atoms with Crippen molar-refractivity contribution in [2.75, 3.05) is 6.61 Å². The van der Waals surface area contributed by atoms with E-state index in [9.17, 15) is 5.11 Å². The molecule has 0 heterocycles. The zero-order valence-electron chi connectivity index (χ0n) is 3.44. The highest BCUT2D eigenvalue weighted by atomic mass is 16.4. The molecule has 0 aromatic heterocycles. The molecule has 0 aliphatic carbocycles. The number of rotatable bonds is 2. The molecule has 0 saturated carbocycles. The zero-order chi connectivity index (χ0) is 4.99. The quantitative estimate of drug-likeness (QED) is 0.321. The Morgan fingerprint density at radius 1 is 1.83 bits per heavy atom. The second-order valence-corrected chi connectivity index (χ2v) is 0.887. The normalized spacial score (nSPS) is 7.33. The molecule has 0 aromatic carbocycles. The summed E-state index contributed by atoms with van der Waals surface area (Å²) in [6.45, 7) is 6.00. The van der Waals surface area contributed by atoms with Crippen molar-refractivity contribution in [3.05, 3.63) is 12.3 Å². The van der Waals surface area contributed by atoms with E-state index in [0.717, 1.165) is 0 Å². The molecule has 0 atom stereocenters. The molecule has 0 aliphatic heterocycles. The highest BCUT2D eigenvalue weighted by molar-refractivity contribution is 5.12. The molecule has 0 amide bonds. The summed E-state index contributed by atoms with van der Waals surface area (Å²) in [6, 6.07) is 0. The molecule has 0 saturated heterocycles. The van der Waals surface area contributed by atoms with Crippen molar-refractivity contribution < 1.29 is 9.53 Å². The highest BCUT2D eigenvalue weighted by Crippen LogP contribution is 1.66. The van der Waals surface area contributed by atoms with E-state index in [1.54, 1.807) is 0 Å². The minimum Gasteiger partial charge on any atom is -0.870 e. The fourth-order valence-corrected chi connectivity index (χ4v) is 0.114. The lowest BCUT2D eigenvalue weighted by atomic mass is 10.6. The minimum atomic E-state index is -0.245. The predicted octanol–water partition coefficient (Wildman–Crippen LogP) is -0.775. The molecule has 0 N–H and O–H groups in total. The average Bonchev–Trinajstić information content (AvgIpc) is 1.35. The van der Waals surface area contributed by atoms with Crippen molar-refractivity contribution in [2.45, 2.75) is 0 Å². The van der Waals surface area contributed by atoms with Crippen LogP contribution < -0.4 is 5.11 Å². The minimum absolute atomic E-state index is 0.0139. The topological polar surface area (TPSA) is 34.4 Å². The Hall–Kier alpha value is -0.790. The molecule has 0 rings (SSSR count). The maximum atomic E-state index is 9.77. The number of hydrogen-bond acceptors (Lipinski definition) is 1. The summed E-state index contributed by atoms with van der Waals surface area (Å²) in [6.07, 6.45) is 0. The van der Waals surface area contributed by atoms with E-state index in [4.69, 9.17) is 0 Å². The molecule has 0 aliphatic rings. The Balaban J connectivity index is 3.05. The van der Waals surface area contributed by atoms with Crippen molar-refractivity contribution in [1.29, 1.82) is 0 Å². The molecule has 0 fully saturated rings. The summed E-state index contributed by atoms with van der Waals surface area (Å²) in [5.41, 5.74) is 0. The Bertz CT molecular complexity index is 65.9. The lowest BCUT2D eigenvalue weighted by Crippen LogP contribution is -2.05. The van der Waals surface area contributed by atoms with Gasteiger partial charge < -0.3 is 5.11 Å². The molecule has 2 heteroatoms. The van der Waals surface area contributed by atoms with Gasteiger partial charge in [0.2, 0.25) is 0 Å². The largest absolute Gasteiger partial charge is 0.870 e. The van der Waals surface area contributed by atoms with Gasteiger partial charge in [0.1, 0.15) is 0 Å². The van der Waals surface area contributed by atoms with Gasteiger partial charge in [-0.15, -0.1) is 6.58 Å². The summed E-state index contributed by atoms with van der Waals surface area (Å²) < 4.78 is 4.14. The number of carbonyl (C=O) groups excluding carboxylic acids is 1. The lowest BCUT2D eigenvalue weighted by molar-refractivity contribution is -0.470. The van der Waals surface area contributed by atoms with Crippen LogP contribution in [0.25, 0.3) is 0 Å². The predicted molar refractivity (Wildman–Crippen MR) is 21.1 cm³/mol. The molecular weight excluding hydrogens is 80.0 g/mol. The molecule has 34 valence electrons. The van der Waals surface area contributed by atoms with E-state index in [-0.39, 0.29) is 12.4 Å². The van der Waals surface area contributed by atoms with Crippen molar-refractivity contribution in [2.24, 2.45) is 0 Å². The average molecular weight is 86.1 g/mol. The van der Waals surface area contributed by atoms with Gasteiger partial charge in [0.05, 0.1) is 0 Å². The van der Waals surface area contributed by atoms with E-state index in [2.05, 4.69) is 17.8 Å². The van der Waals surface area contributed by atoms with E-state index in [0.29, 0.717) is 0 Å². The van der Waals surface area contributed by atoms with Crippen LogP contribution in [0, 0.1) is 0 Å². The van der Waals surface area contributed by atoms with Crippen LogP contribution in [0.15, 0.2) is 12.3 Å². The summed E-state index contributed by atoms with van der Waals surface area (Å²) >= 11 is 0. The van der Waals surface area contributed by atoms with Gasteiger partial charge in [-0.2, -0.15) is 0 Å². The zero-order valence-corrected chi connectivity index (χ0v) is 3.44. The van der Waals surface area contributed by atoms with Crippen LogP contribution in [-0.2, 0) is 4.42 Å². The third-order valence-corrected chi connectivity index (χ3v) is 0.263. The van der Waals surface area contributed by atoms with Crippen LogP contribution in [0.5, 0.6) is 0 Å². The third kappa shape index (κ3) is 3.21. The van der Waals surface area contributed by atoms with Gasteiger partial charge in [-0.25, -0.2) is 0 Å². The first-order valence-electron chi connectivity index (χ1n) is 1.49. The molecule has 0 aromatic rings. The number of hydrogen-bond donors (Lipinski definition) is 0. The van der Waals surface area contributed by atoms with Gasteiger partial charge in [-0.05, 0) is 5.76 Å². The van der Waals surface area contributed by atoms with Crippen LogP contribution in [0.3, 0.4) is 0 Å². The van der Waals surface area contributed by atoms with Crippen LogP contribution in [0.4, 0.5) is 0 Å². The summed E-state index contributed by atoms with van der Waals surface area (Å²) in [4.78, 5) is 0. The van der Waals surface area contributed by atoms with Gasteiger partial charge >= 0.3 is 0 Å². The van der Waals surface area contributed by atoms with E-state index in [1.165, 1.54) is 0 Å². The van der Waals surface area contributed by atoms with E-state index in [1.807, 2.05) is 0 Å². The Morgan fingerprint density at radius 3 is 2.33 bits per heavy atom. The fraction of sp³-hybridized carbons (Fsp3) is 0.250. The van der Waals surface area contributed by atoms with E-state index >= 15 is 0 Å². The van der Waals surface area contributed by atoms with Crippen LogP contribution in [-0.4, -0.2) is 13.4 Å². The third-order valence-electron chi connectivity index (χ3n) is 0.263. The first-order valence-corrected chi connectivity index (χ1v) is 1.49. The monoisotopic (exact) mass is 86.0 g/mol. The van der Waals surface area contributed by atoms with E-state index < -0.39 is 0 Å². The van der Waals surface area contributed by atoms with Crippen LogP contribution >= 0.6 is 0 Å². The smallest absolute Gasteiger partial charge is 0.274 e. The fourth-order valence-electron chi connectivity index (χ4n) is 0.114. The lowest BCUT2D eigenvalue weighted by Gasteiger charge is -1.93. The second-order valence-electron chi connectivity index (χ2n) is 0.887. The Morgan fingerprint density at radius 2 is 2.33 bits per heavy atom. The van der Waals surface area contributed by atoms with Gasteiger partial charge in [0.25, 0.3) is 13.4 Å². The summed E-state index contributed by atoms with van der Waals surface area (Å²) in [5, 5.41) is 9.77. The highest BCUT2D eigenvalue weighted by Gasteiger charge is 1.75. The van der Waals surface area contributed by atoms with Crippen molar-refractivity contribution >= 4 is 6.79 Å². The standard InChI is InChI=1S/C4H6O2/c1-4(5)3-6-2/h1-3H2. The molecule has 0 bridgehead atoms. The van der Waals surface area contributed by atoms with Crippen LogP contribution in [0.2, 0.25) is 0 Å². The summed E-state index contributed by atoms with van der Waals surface area (Å²) in [5.74, 6) is -0.245.